The Kier molecular flexibility index (Phi) is 2.35. The van der Waals surface area contributed by atoms with Crippen LogP contribution in [0.2, 0.25) is 0 Å². The normalized spacial score (nSPS) is 35.9. The van der Waals surface area contributed by atoms with Crippen molar-refractivity contribution in [2.24, 2.45) is 10.9 Å². The molecule has 0 spiro atoms. The molecule has 0 aromatic carbocycles. The number of halogens is 4. The molecule has 2 aliphatic heterocycles. The maximum absolute atomic E-state index is 12.8. The van der Waals surface area contributed by atoms with Crippen molar-refractivity contribution in [1.29, 1.82) is 0 Å². The summed E-state index contributed by atoms with van der Waals surface area (Å²) in [5, 5.41) is 0.113. The van der Waals surface area contributed by atoms with Crippen LogP contribution in [0.3, 0.4) is 0 Å². The smallest absolute Gasteiger partial charge is 0.361 e. The Hall–Kier alpha value is -0.550. The van der Waals surface area contributed by atoms with Crippen LogP contribution in [0.25, 0.3) is 0 Å². The van der Waals surface area contributed by atoms with E-state index in [-0.39, 0.29) is 29.8 Å². The molecule has 2 rings (SSSR count). The zero-order valence-corrected chi connectivity index (χ0v) is 8.69. The predicted molar refractivity (Wildman–Crippen MR) is 50.1 cm³/mol. The lowest BCUT2D eigenvalue weighted by molar-refractivity contribution is -0.242. The summed E-state index contributed by atoms with van der Waals surface area (Å²) in [4.78, 5) is 3.88. The number of nitrogens with zero attached hydrogens (tertiary/aromatic N) is 1. The third-order valence-corrected chi connectivity index (χ3v) is 3.07. The monoisotopic (exact) mass is 239 g/mol. The van der Waals surface area contributed by atoms with Crippen LogP contribution in [0.15, 0.2) is 16.6 Å². The second-order valence-electron chi connectivity index (χ2n) is 3.80. The van der Waals surface area contributed by atoms with Crippen molar-refractivity contribution in [1.82, 2.24) is 0 Å². The van der Waals surface area contributed by atoms with Crippen molar-refractivity contribution in [2.75, 3.05) is 13.2 Å². The van der Waals surface area contributed by atoms with E-state index in [4.69, 9.17) is 16.3 Å². The van der Waals surface area contributed by atoms with Crippen molar-refractivity contribution in [3.8, 4) is 0 Å². The second kappa shape index (κ2) is 3.22. The Bertz CT molecular complexity index is 350. The zero-order valence-electron chi connectivity index (χ0n) is 7.94. The van der Waals surface area contributed by atoms with Gasteiger partial charge >= 0.3 is 6.18 Å². The fourth-order valence-corrected chi connectivity index (χ4v) is 2.04. The molecule has 0 amide bonds. The number of dihydropyridines is 1. The van der Waals surface area contributed by atoms with Gasteiger partial charge in [-0.05, 0) is 18.6 Å². The SMILES string of the molecule is CC1(C(F)(F)F)OCC2CN=C(Cl)C=C21. The van der Waals surface area contributed by atoms with Crippen LogP contribution in [0.5, 0.6) is 0 Å². The third-order valence-electron chi connectivity index (χ3n) is 2.84. The first-order chi connectivity index (χ1) is 6.84. The van der Waals surface area contributed by atoms with E-state index >= 15 is 0 Å². The summed E-state index contributed by atoms with van der Waals surface area (Å²) < 4.78 is 43.3. The first-order valence-corrected chi connectivity index (χ1v) is 4.85. The molecule has 2 aliphatic rings. The molecule has 0 aromatic heterocycles. The number of alkyl halides is 3. The Morgan fingerprint density at radius 1 is 1.60 bits per heavy atom. The van der Waals surface area contributed by atoms with Crippen LogP contribution in [-0.2, 0) is 4.74 Å². The Labute approximate surface area is 89.8 Å². The lowest BCUT2D eigenvalue weighted by Crippen LogP contribution is -2.44. The number of aliphatic imine (C=N–C) groups is 1. The second-order valence-corrected chi connectivity index (χ2v) is 4.19. The van der Waals surface area contributed by atoms with E-state index in [1.165, 1.54) is 6.08 Å². The predicted octanol–water partition coefficient (Wildman–Crippen LogP) is 2.53. The molecule has 0 radical (unpaired) electrons. The molecule has 6 heteroatoms. The maximum Gasteiger partial charge on any atom is 0.421 e. The highest BCUT2D eigenvalue weighted by Crippen LogP contribution is 2.47. The van der Waals surface area contributed by atoms with Gasteiger partial charge in [-0.25, -0.2) is 0 Å². The molecular weight excluding hydrogens is 231 g/mol. The topological polar surface area (TPSA) is 21.6 Å². The first-order valence-electron chi connectivity index (χ1n) is 4.47. The van der Waals surface area contributed by atoms with E-state index in [9.17, 15) is 13.2 Å². The van der Waals surface area contributed by atoms with Gasteiger partial charge in [0.15, 0.2) is 5.60 Å². The Morgan fingerprint density at radius 3 is 2.87 bits per heavy atom. The van der Waals surface area contributed by atoms with Crippen LogP contribution in [-0.4, -0.2) is 30.1 Å². The summed E-state index contributed by atoms with van der Waals surface area (Å²) in [5.74, 6) is -0.292. The molecule has 0 aromatic rings. The van der Waals surface area contributed by atoms with E-state index < -0.39 is 11.8 Å². The number of hydrogen-bond acceptors (Lipinski definition) is 2. The Morgan fingerprint density at radius 2 is 2.27 bits per heavy atom. The zero-order chi connectivity index (χ0) is 11.3. The highest BCUT2D eigenvalue weighted by atomic mass is 35.5. The number of allylic oxidation sites excluding steroid dienone is 1. The van der Waals surface area contributed by atoms with Crippen LogP contribution in [0.4, 0.5) is 13.2 Å². The molecule has 0 N–H and O–H groups in total. The number of rotatable bonds is 0. The van der Waals surface area contributed by atoms with Gasteiger partial charge in [0.05, 0.1) is 6.61 Å². The molecule has 2 nitrogen and oxygen atoms in total. The van der Waals surface area contributed by atoms with E-state index in [0.29, 0.717) is 0 Å². The van der Waals surface area contributed by atoms with Gasteiger partial charge < -0.3 is 4.74 Å². The van der Waals surface area contributed by atoms with Crippen LogP contribution in [0, 0.1) is 5.92 Å². The molecule has 2 heterocycles. The van der Waals surface area contributed by atoms with E-state index in [2.05, 4.69) is 4.99 Å². The molecule has 0 saturated carbocycles. The third kappa shape index (κ3) is 1.58. The quantitative estimate of drug-likeness (QED) is 0.637. The van der Waals surface area contributed by atoms with Crippen LogP contribution < -0.4 is 0 Å². The van der Waals surface area contributed by atoms with Gasteiger partial charge in [-0.3, -0.25) is 4.99 Å². The molecule has 15 heavy (non-hydrogen) atoms. The highest BCUT2D eigenvalue weighted by Gasteiger charge is 2.60. The van der Waals surface area contributed by atoms with Crippen LogP contribution >= 0.6 is 11.6 Å². The van der Waals surface area contributed by atoms with Crippen molar-refractivity contribution in [3.05, 3.63) is 11.6 Å². The van der Waals surface area contributed by atoms with Crippen molar-refractivity contribution < 1.29 is 17.9 Å². The minimum Gasteiger partial charge on any atom is -0.361 e. The van der Waals surface area contributed by atoms with Crippen molar-refractivity contribution in [2.45, 2.75) is 18.7 Å². The number of fused-ring (bicyclic) bond motifs is 1. The van der Waals surface area contributed by atoms with Gasteiger partial charge in [0, 0.05) is 12.5 Å². The number of ether oxygens (including phenoxy) is 1. The highest BCUT2D eigenvalue weighted by molar-refractivity contribution is 6.68. The number of hydrogen-bond donors (Lipinski definition) is 0. The van der Waals surface area contributed by atoms with Gasteiger partial charge in [-0.15, -0.1) is 0 Å². The molecule has 1 saturated heterocycles. The average molecular weight is 240 g/mol. The molecule has 2 atom stereocenters. The lowest BCUT2D eigenvalue weighted by atomic mass is 9.87. The maximum atomic E-state index is 12.8. The average Bonchev–Trinajstić information content (AvgIpc) is 2.44. The van der Waals surface area contributed by atoms with Gasteiger partial charge in [-0.1, -0.05) is 11.6 Å². The van der Waals surface area contributed by atoms with E-state index in [0.717, 1.165) is 6.92 Å². The molecule has 84 valence electrons. The summed E-state index contributed by atoms with van der Waals surface area (Å²) in [6.45, 7) is 1.36. The summed E-state index contributed by atoms with van der Waals surface area (Å²) in [6, 6.07) is 0. The lowest BCUT2D eigenvalue weighted by Gasteiger charge is -2.29. The summed E-state index contributed by atoms with van der Waals surface area (Å²) in [6.07, 6.45) is -3.14. The minimum absolute atomic E-state index is 0.0511. The van der Waals surface area contributed by atoms with Crippen molar-refractivity contribution in [3.63, 3.8) is 0 Å². The largest absolute Gasteiger partial charge is 0.421 e. The fourth-order valence-electron chi connectivity index (χ4n) is 1.85. The molecule has 1 fully saturated rings. The Balaban J connectivity index is 2.41. The van der Waals surface area contributed by atoms with Gasteiger partial charge in [0.1, 0.15) is 5.17 Å². The minimum atomic E-state index is -4.41. The van der Waals surface area contributed by atoms with Gasteiger partial charge in [0.25, 0.3) is 0 Å². The standard InChI is InChI=1S/C9H9ClF3NO/c1-8(9(11,12)13)6-2-7(10)14-3-5(6)4-15-8/h2,5H,3-4H2,1H3. The van der Waals surface area contributed by atoms with Crippen molar-refractivity contribution >= 4 is 16.8 Å². The molecule has 0 bridgehead atoms. The van der Waals surface area contributed by atoms with E-state index in [1.54, 1.807) is 0 Å². The summed E-state index contributed by atoms with van der Waals surface area (Å²) in [7, 11) is 0. The van der Waals surface area contributed by atoms with Gasteiger partial charge in [0.2, 0.25) is 0 Å². The fraction of sp³-hybridized carbons (Fsp3) is 0.667. The molecule has 2 unspecified atom stereocenters. The van der Waals surface area contributed by atoms with Crippen LogP contribution in [0.1, 0.15) is 6.92 Å². The van der Waals surface area contributed by atoms with Gasteiger partial charge in [-0.2, -0.15) is 13.2 Å². The summed E-state index contributed by atoms with van der Waals surface area (Å²) in [5.41, 5.74) is -2.01. The van der Waals surface area contributed by atoms with E-state index in [1.807, 2.05) is 0 Å². The first kappa shape index (κ1) is 11.0. The molecular formula is C9H9ClF3NO. The summed E-state index contributed by atoms with van der Waals surface area (Å²) >= 11 is 5.61. The molecule has 0 aliphatic carbocycles.